The lowest BCUT2D eigenvalue weighted by Gasteiger charge is -2.30. The zero-order valence-corrected chi connectivity index (χ0v) is 32.0. The molecule has 270 valence electrons. The Kier molecular flexibility index (Phi) is 7.55. The van der Waals surface area contributed by atoms with Crippen molar-refractivity contribution in [2.75, 3.05) is 4.90 Å². The third-order valence-corrected chi connectivity index (χ3v) is 12.1. The van der Waals surface area contributed by atoms with Crippen molar-refractivity contribution in [1.82, 2.24) is 4.57 Å². The maximum atomic E-state index is 2.50. The molecule has 0 amide bonds. The van der Waals surface area contributed by atoms with Gasteiger partial charge < -0.3 is 9.47 Å². The number of nitrogens with zero attached hydrogens (tertiary/aromatic N) is 2. The largest absolute Gasteiger partial charge is 0.310 e. The summed E-state index contributed by atoms with van der Waals surface area (Å²) in [5.41, 5.74) is 16.9. The molecule has 1 aliphatic carbocycles. The number of rotatable bonds is 6. The standard InChI is InChI=1S/C55H40N2/c1-55(2)49-36-42(31-34-45(49)46-32-29-39-21-12-13-24-44(39)54(46)55)56(41-30-33-43(37-17-6-3-7-18-37)48(35-41)38-19-8-4-9-20-38)51-27-16-28-52-53(51)47-25-14-15-26-50(47)57(52)40-22-10-5-11-23-40/h3-36H,1-2H3. The summed E-state index contributed by atoms with van der Waals surface area (Å²) in [4.78, 5) is 2.50. The van der Waals surface area contributed by atoms with Gasteiger partial charge >= 0.3 is 0 Å². The molecule has 9 aromatic carbocycles. The lowest BCUT2D eigenvalue weighted by Crippen LogP contribution is -2.17. The number of hydrogen-bond donors (Lipinski definition) is 0. The van der Waals surface area contributed by atoms with Gasteiger partial charge in [0.15, 0.2) is 0 Å². The van der Waals surface area contributed by atoms with Crippen LogP contribution < -0.4 is 4.90 Å². The van der Waals surface area contributed by atoms with Gasteiger partial charge in [0.25, 0.3) is 0 Å². The Morgan fingerprint density at radius 3 is 1.75 bits per heavy atom. The molecule has 2 heteroatoms. The fourth-order valence-corrected chi connectivity index (χ4v) is 9.59. The Morgan fingerprint density at radius 2 is 1.00 bits per heavy atom. The highest BCUT2D eigenvalue weighted by Crippen LogP contribution is 2.54. The van der Waals surface area contributed by atoms with Crippen LogP contribution in [0.25, 0.3) is 71.6 Å². The van der Waals surface area contributed by atoms with Crippen molar-refractivity contribution >= 4 is 49.6 Å². The molecule has 0 saturated carbocycles. The fourth-order valence-electron chi connectivity index (χ4n) is 9.59. The predicted octanol–water partition coefficient (Wildman–Crippen LogP) is 15.0. The number of hydrogen-bond acceptors (Lipinski definition) is 1. The van der Waals surface area contributed by atoms with Crippen LogP contribution in [0.4, 0.5) is 17.1 Å². The monoisotopic (exact) mass is 728 g/mol. The average molecular weight is 729 g/mol. The minimum atomic E-state index is -0.199. The van der Waals surface area contributed by atoms with Crippen LogP contribution in [0.3, 0.4) is 0 Å². The van der Waals surface area contributed by atoms with E-state index in [0.29, 0.717) is 0 Å². The Balaban J connectivity index is 1.20. The smallest absolute Gasteiger partial charge is 0.0562 e. The van der Waals surface area contributed by atoms with Crippen molar-refractivity contribution in [3.8, 4) is 39.1 Å². The Labute approximate surface area is 333 Å². The first-order valence-electron chi connectivity index (χ1n) is 19.9. The van der Waals surface area contributed by atoms with Crippen molar-refractivity contribution in [2.45, 2.75) is 19.3 Å². The molecule has 0 aliphatic heterocycles. The molecular formula is C55H40N2. The molecule has 0 radical (unpaired) electrons. The normalized spacial score (nSPS) is 12.9. The van der Waals surface area contributed by atoms with E-state index in [2.05, 4.69) is 230 Å². The van der Waals surface area contributed by atoms with Gasteiger partial charge in [0.05, 0.1) is 16.7 Å². The van der Waals surface area contributed by atoms with E-state index in [-0.39, 0.29) is 5.41 Å². The maximum absolute atomic E-state index is 2.50. The number of benzene rings is 9. The van der Waals surface area contributed by atoms with E-state index in [9.17, 15) is 0 Å². The summed E-state index contributed by atoms with van der Waals surface area (Å²) >= 11 is 0. The second kappa shape index (κ2) is 13.0. The van der Waals surface area contributed by atoms with Gasteiger partial charge in [-0.15, -0.1) is 0 Å². The molecular weight excluding hydrogens is 689 g/mol. The van der Waals surface area contributed by atoms with Crippen molar-refractivity contribution in [3.63, 3.8) is 0 Å². The number of para-hydroxylation sites is 2. The third-order valence-electron chi connectivity index (χ3n) is 12.1. The average Bonchev–Trinajstić information content (AvgIpc) is 3.73. The van der Waals surface area contributed by atoms with Crippen LogP contribution in [0.15, 0.2) is 206 Å². The first kappa shape index (κ1) is 33.2. The molecule has 1 aromatic heterocycles. The van der Waals surface area contributed by atoms with Gasteiger partial charge in [-0.05, 0) is 110 Å². The molecule has 0 bridgehead atoms. The van der Waals surface area contributed by atoms with Gasteiger partial charge in [-0.1, -0.05) is 166 Å². The van der Waals surface area contributed by atoms with Gasteiger partial charge in [-0.25, -0.2) is 0 Å². The molecule has 0 saturated heterocycles. The second-order valence-electron chi connectivity index (χ2n) is 15.7. The molecule has 11 rings (SSSR count). The molecule has 2 nitrogen and oxygen atoms in total. The molecule has 0 atom stereocenters. The molecule has 0 fully saturated rings. The molecule has 57 heavy (non-hydrogen) atoms. The third kappa shape index (κ3) is 5.18. The van der Waals surface area contributed by atoms with Crippen LogP contribution in [0, 0.1) is 0 Å². The minimum Gasteiger partial charge on any atom is -0.310 e. The zero-order valence-electron chi connectivity index (χ0n) is 32.0. The van der Waals surface area contributed by atoms with Gasteiger partial charge in [0.1, 0.15) is 0 Å². The predicted molar refractivity (Wildman–Crippen MR) is 241 cm³/mol. The first-order chi connectivity index (χ1) is 28.1. The highest BCUT2D eigenvalue weighted by molar-refractivity contribution is 6.16. The molecule has 0 unspecified atom stereocenters. The molecule has 0 spiro atoms. The summed E-state index contributed by atoms with van der Waals surface area (Å²) in [6.07, 6.45) is 0. The van der Waals surface area contributed by atoms with E-state index in [0.717, 1.165) is 22.7 Å². The second-order valence-corrected chi connectivity index (χ2v) is 15.7. The van der Waals surface area contributed by atoms with Crippen LogP contribution >= 0.6 is 0 Å². The fraction of sp³-hybridized carbons (Fsp3) is 0.0545. The highest BCUT2D eigenvalue weighted by Gasteiger charge is 2.37. The van der Waals surface area contributed by atoms with Gasteiger partial charge in [-0.2, -0.15) is 0 Å². The highest BCUT2D eigenvalue weighted by atomic mass is 15.1. The summed E-state index contributed by atoms with van der Waals surface area (Å²) in [5.74, 6) is 0. The quantitative estimate of drug-likeness (QED) is 0.165. The molecule has 10 aromatic rings. The van der Waals surface area contributed by atoms with E-state index in [1.807, 2.05) is 0 Å². The van der Waals surface area contributed by atoms with Crippen LogP contribution in [0.2, 0.25) is 0 Å². The van der Waals surface area contributed by atoms with Crippen molar-refractivity contribution in [1.29, 1.82) is 0 Å². The van der Waals surface area contributed by atoms with Crippen molar-refractivity contribution in [2.24, 2.45) is 0 Å². The summed E-state index contributed by atoms with van der Waals surface area (Å²) in [5, 5.41) is 5.06. The van der Waals surface area contributed by atoms with Crippen molar-refractivity contribution in [3.05, 3.63) is 217 Å². The Morgan fingerprint density at radius 1 is 0.421 bits per heavy atom. The summed E-state index contributed by atoms with van der Waals surface area (Å²) in [6.45, 7) is 4.79. The van der Waals surface area contributed by atoms with Crippen LogP contribution in [-0.2, 0) is 5.41 Å². The molecule has 1 heterocycles. The van der Waals surface area contributed by atoms with Crippen molar-refractivity contribution < 1.29 is 0 Å². The number of fused-ring (bicyclic) bond motifs is 8. The van der Waals surface area contributed by atoms with E-state index < -0.39 is 0 Å². The maximum Gasteiger partial charge on any atom is 0.0562 e. The first-order valence-corrected chi connectivity index (χ1v) is 19.9. The van der Waals surface area contributed by atoms with E-state index in [1.165, 1.54) is 77.1 Å². The Hall–Kier alpha value is -7.16. The lowest BCUT2D eigenvalue weighted by atomic mass is 9.80. The number of aromatic nitrogens is 1. The van der Waals surface area contributed by atoms with Crippen LogP contribution in [0.1, 0.15) is 25.0 Å². The van der Waals surface area contributed by atoms with Crippen LogP contribution in [-0.4, -0.2) is 4.57 Å². The van der Waals surface area contributed by atoms with Gasteiger partial charge in [0.2, 0.25) is 0 Å². The van der Waals surface area contributed by atoms with Gasteiger partial charge in [-0.3, -0.25) is 0 Å². The van der Waals surface area contributed by atoms with E-state index in [4.69, 9.17) is 0 Å². The summed E-state index contributed by atoms with van der Waals surface area (Å²) in [6, 6.07) is 75.6. The summed E-state index contributed by atoms with van der Waals surface area (Å²) < 4.78 is 2.41. The van der Waals surface area contributed by atoms with E-state index in [1.54, 1.807) is 0 Å². The topological polar surface area (TPSA) is 8.17 Å². The molecule has 0 N–H and O–H groups in total. The lowest BCUT2D eigenvalue weighted by molar-refractivity contribution is 0.666. The zero-order chi connectivity index (χ0) is 38.1. The SMILES string of the molecule is CC1(C)c2cc(N(c3ccc(-c4ccccc4)c(-c4ccccc4)c3)c3cccc4c3c3ccccc3n4-c3ccccc3)ccc2-c2ccc3ccccc3c21. The number of anilines is 3. The van der Waals surface area contributed by atoms with Crippen LogP contribution in [0.5, 0.6) is 0 Å². The van der Waals surface area contributed by atoms with E-state index >= 15 is 0 Å². The van der Waals surface area contributed by atoms with Gasteiger partial charge in [0, 0.05) is 33.2 Å². The molecule has 1 aliphatic rings. The Bertz CT molecular complexity index is 3140. The minimum absolute atomic E-state index is 0.199. The summed E-state index contributed by atoms with van der Waals surface area (Å²) in [7, 11) is 0.